The number of unbranched alkanes of at least 4 members (excludes halogenated alkanes) is 9. The summed E-state index contributed by atoms with van der Waals surface area (Å²) in [6.45, 7) is 4.66. The normalized spacial score (nSPS) is 12.4. The zero-order valence-electron chi connectivity index (χ0n) is 29.5. The Kier molecular flexibility index (Phi) is 18.5. The van der Waals surface area contributed by atoms with E-state index >= 15 is 0 Å². The first-order valence-corrected chi connectivity index (χ1v) is 21.3. The van der Waals surface area contributed by atoms with E-state index in [0.29, 0.717) is 45.7 Å². The Balaban J connectivity index is 1.76. The Labute approximate surface area is 300 Å². The van der Waals surface area contributed by atoms with Crippen LogP contribution in [-0.4, -0.2) is 75.2 Å². The van der Waals surface area contributed by atoms with Crippen molar-refractivity contribution >= 4 is 20.2 Å². The average Bonchev–Trinajstić information content (AvgIpc) is 3.09. The highest BCUT2D eigenvalue weighted by atomic mass is 32.2. The smallest absolute Gasteiger partial charge is 0.143 e. The molecule has 0 saturated heterocycles. The monoisotopic (exact) mass is 729 g/mol. The lowest BCUT2D eigenvalue weighted by molar-refractivity contribution is 0.000663. The molecule has 278 valence electrons. The molecule has 11 heteroatoms. The molecule has 50 heavy (non-hydrogen) atoms. The summed E-state index contributed by atoms with van der Waals surface area (Å²) in [5.41, 5.74) is 1.87. The second kappa shape index (κ2) is 22.2. The standard InChI is InChI=1S/C39H57NO8S2/c1-2-3-4-5-6-7-8-17-31-47-38-26-24-37(25-27-38)39(35-20-11-9-12-21-35,36-22-13-10-14-23-36)48-32-30-40(28-15-18-33-49(41,42)43)29-16-19-34-50(44,45)46/h9-14,20-27H,2-8,15-19,28-34H2,1H3,(H,41,42,43)(H,44,45,46)/p-2. The number of rotatable bonds is 27. The number of benzene rings is 3. The first-order valence-electron chi connectivity index (χ1n) is 18.1. The van der Waals surface area contributed by atoms with Crippen LogP contribution in [0.3, 0.4) is 0 Å². The maximum Gasteiger partial charge on any atom is 0.143 e. The Hall–Kier alpha value is -2.80. The van der Waals surface area contributed by atoms with Gasteiger partial charge < -0.3 is 23.5 Å². The van der Waals surface area contributed by atoms with Gasteiger partial charge in [0.15, 0.2) is 0 Å². The molecule has 0 atom stereocenters. The van der Waals surface area contributed by atoms with Crippen LogP contribution in [0.4, 0.5) is 0 Å². The van der Waals surface area contributed by atoms with E-state index in [9.17, 15) is 25.9 Å². The summed E-state index contributed by atoms with van der Waals surface area (Å²) in [5, 5.41) is 0. The van der Waals surface area contributed by atoms with E-state index in [1.165, 1.54) is 38.5 Å². The SMILES string of the molecule is CCCCCCCCCCOc1ccc(C(OCCN(CCCCS(=O)(=O)[O-])CCCCS(=O)(=O)[O-])(c2ccccc2)c2ccccc2)cc1. The van der Waals surface area contributed by atoms with Gasteiger partial charge in [0.1, 0.15) is 11.4 Å². The van der Waals surface area contributed by atoms with Crippen molar-refractivity contribution in [3.63, 3.8) is 0 Å². The maximum absolute atomic E-state index is 11.1. The summed E-state index contributed by atoms with van der Waals surface area (Å²) in [5.74, 6) is -0.0658. The molecule has 0 aliphatic carbocycles. The third kappa shape index (κ3) is 15.6. The molecule has 3 aromatic rings. The van der Waals surface area contributed by atoms with Crippen molar-refractivity contribution in [2.45, 2.75) is 89.6 Å². The quantitative estimate of drug-likeness (QED) is 0.0445. The lowest BCUT2D eigenvalue weighted by Gasteiger charge is -2.37. The van der Waals surface area contributed by atoms with Crippen LogP contribution in [0, 0.1) is 0 Å². The molecule has 0 saturated carbocycles. The summed E-state index contributed by atoms with van der Waals surface area (Å²) in [6.07, 6.45) is 11.3. The Bertz CT molecular complexity index is 1470. The van der Waals surface area contributed by atoms with Gasteiger partial charge in [0.2, 0.25) is 0 Å². The van der Waals surface area contributed by atoms with Gasteiger partial charge in [-0.15, -0.1) is 0 Å². The highest BCUT2D eigenvalue weighted by molar-refractivity contribution is 7.85. The molecule has 0 spiro atoms. The Morgan fingerprint density at radius 2 is 1.00 bits per heavy atom. The van der Waals surface area contributed by atoms with Crippen LogP contribution in [0.2, 0.25) is 0 Å². The second-order valence-electron chi connectivity index (χ2n) is 12.9. The zero-order chi connectivity index (χ0) is 36.1. The molecular formula is C39H55NO8S2-2. The molecule has 0 aromatic heterocycles. The molecule has 0 bridgehead atoms. The van der Waals surface area contributed by atoms with Gasteiger partial charge in [-0.05, 0) is 74.0 Å². The predicted molar refractivity (Wildman–Crippen MR) is 197 cm³/mol. The number of hydrogen-bond donors (Lipinski definition) is 0. The Morgan fingerprint density at radius 1 is 0.540 bits per heavy atom. The van der Waals surface area contributed by atoms with Crippen LogP contribution in [0.1, 0.15) is 101 Å². The molecular weight excluding hydrogens is 675 g/mol. The molecule has 0 amide bonds. The minimum atomic E-state index is -4.31. The summed E-state index contributed by atoms with van der Waals surface area (Å²) < 4.78 is 79.9. The van der Waals surface area contributed by atoms with Crippen molar-refractivity contribution in [1.29, 1.82) is 0 Å². The third-order valence-corrected chi connectivity index (χ3v) is 10.4. The summed E-state index contributed by atoms with van der Waals surface area (Å²) in [4.78, 5) is 2.07. The van der Waals surface area contributed by atoms with E-state index in [2.05, 4.69) is 11.8 Å². The summed E-state index contributed by atoms with van der Waals surface area (Å²) in [7, 11) is -8.62. The van der Waals surface area contributed by atoms with Gasteiger partial charge in [0, 0.05) is 18.1 Å². The van der Waals surface area contributed by atoms with Crippen molar-refractivity contribution < 1.29 is 35.4 Å². The van der Waals surface area contributed by atoms with E-state index in [-0.39, 0.29) is 12.8 Å². The van der Waals surface area contributed by atoms with Crippen LogP contribution in [0.15, 0.2) is 84.9 Å². The predicted octanol–water partition coefficient (Wildman–Crippen LogP) is 7.47. The van der Waals surface area contributed by atoms with Crippen LogP contribution < -0.4 is 4.74 Å². The Morgan fingerprint density at radius 3 is 1.48 bits per heavy atom. The third-order valence-electron chi connectivity index (χ3n) is 8.85. The molecule has 0 aliphatic heterocycles. The van der Waals surface area contributed by atoms with Gasteiger partial charge >= 0.3 is 0 Å². The van der Waals surface area contributed by atoms with E-state index in [0.717, 1.165) is 35.3 Å². The molecule has 0 heterocycles. The minimum absolute atomic E-state index is 0.226. The molecule has 0 radical (unpaired) electrons. The average molecular weight is 730 g/mol. The highest BCUT2D eigenvalue weighted by Gasteiger charge is 2.37. The van der Waals surface area contributed by atoms with Gasteiger partial charge in [0.05, 0.1) is 33.5 Å². The lowest BCUT2D eigenvalue weighted by Crippen LogP contribution is -2.37. The first kappa shape index (κ1) is 41.6. The molecule has 9 nitrogen and oxygen atoms in total. The van der Waals surface area contributed by atoms with Gasteiger partial charge in [-0.2, -0.15) is 0 Å². The first-order chi connectivity index (χ1) is 24.0. The maximum atomic E-state index is 11.1. The van der Waals surface area contributed by atoms with E-state index in [1.54, 1.807) is 0 Å². The summed E-state index contributed by atoms with van der Waals surface area (Å²) in [6, 6.07) is 28.1. The van der Waals surface area contributed by atoms with E-state index < -0.39 is 37.3 Å². The molecule has 0 fully saturated rings. The van der Waals surface area contributed by atoms with Crippen molar-refractivity contribution in [2.24, 2.45) is 0 Å². The molecule has 3 aromatic carbocycles. The van der Waals surface area contributed by atoms with Crippen molar-refractivity contribution in [2.75, 3.05) is 44.4 Å². The fourth-order valence-electron chi connectivity index (χ4n) is 6.20. The van der Waals surface area contributed by atoms with Crippen LogP contribution in [-0.2, 0) is 30.6 Å². The van der Waals surface area contributed by atoms with Gasteiger partial charge in [-0.3, -0.25) is 0 Å². The molecule has 3 rings (SSSR count). The lowest BCUT2D eigenvalue weighted by atomic mass is 9.80. The topological polar surface area (TPSA) is 136 Å². The van der Waals surface area contributed by atoms with Crippen LogP contribution in [0.5, 0.6) is 5.75 Å². The molecule has 0 unspecified atom stereocenters. The van der Waals surface area contributed by atoms with Gasteiger partial charge in [0.25, 0.3) is 0 Å². The van der Waals surface area contributed by atoms with Crippen molar-refractivity contribution in [1.82, 2.24) is 4.90 Å². The van der Waals surface area contributed by atoms with Gasteiger partial charge in [-0.1, -0.05) is 125 Å². The minimum Gasteiger partial charge on any atom is -0.748 e. The van der Waals surface area contributed by atoms with Crippen LogP contribution in [0.25, 0.3) is 0 Å². The second-order valence-corrected chi connectivity index (χ2v) is 15.9. The van der Waals surface area contributed by atoms with E-state index in [4.69, 9.17) is 9.47 Å². The summed E-state index contributed by atoms with van der Waals surface area (Å²) >= 11 is 0. The fraction of sp³-hybridized carbons (Fsp3) is 0.538. The van der Waals surface area contributed by atoms with Crippen molar-refractivity contribution in [3.8, 4) is 5.75 Å². The molecule has 0 aliphatic rings. The number of hydrogen-bond acceptors (Lipinski definition) is 9. The van der Waals surface area contributed by atoms with Gasteiger partial charge in [-0.25, -0.2) is 16.8 Å². The highest BCUT2D eigenvalue weighted by Crippen LogP contribution is 2.41. The largest absolute Gasteiger partial charge is 0.748 e. The van der Waals surface area contributed by atoms with Crippen LogP contribution >= 0.6 is 0 Å². The molecule has 0 N–H and O–H groups in total. The van der Waals surface area contributed by atoms with E-state index in [1.807, 2.05) is 84.9 Å². The number of nitrogens with zero attached hydrogens (tertiary/aromatic N) is 1. The van der Waals surface area contributed by atoms with Crippen molar-refractivity contribution in [3.05, 3.63) is 102 Å². The zero-order valence-corrected chi connectivity index (χ0v) is 31.2. The number of ether oxygens (including phenoxy) is 2. The fourth-order valence-corrected chi connectivity index (χ4v) is 7.31.